The van der Waals surface area contributed by atoms with E-state index in [1.807, 2.05) is 36.4 Å². The number of hydrogen-bond donors (Lipinski definition) is 1. The molecule has 8 heteroatoms. The van der Waals surface area contributed by atoms with Crippen molar-refractivity contribution in [2.75, 3.05) is 26.1 Å². The molecule has 178 valence electrons. The molecular formula is C26H29N3O5. The fourth-order valence-electron chi connectivity index (χ4n) is 3.71. The van der Waals surface area contributed by atoms with Gasteiger partial charge in [0.2, 0.25) is 5.91 Å². The minimum Gasteiger partial charge on any atom is -0.497 e. The number of urea groups is 1. The maximum absolute atomic E-state index is 13.4. The number of carbonyl (C=O) groups excluding carboxylic acids is 2. The average Bonchev–Trinajstić information content (AvgIpc) is 3.57. The smallest absolute Gasteiger partial charge is 0.322 e. The van der Waals surface area contributed by atoms with E-state index in [0.717, 1.165) is 18.4 Å². The van der Waals surface area contributed by atoms with E-state index in [2.05, 4.69) is 5.32 Å². The number of furan rings is 1. The van der Waals surface area contributed by atoms with Crippen molar-refractivity contribution in [2.24, 2.45) is 0 Å². The van der Waals surface area contributed by atoms with Gasteiger partial charge in [-0.25, -0.2) is 4.79 Å². The van der Waals surface area contributed by atoms with E-state index in [0.29, 0.717) is 36.0 Å². The highest BCUT2D eigenvalue weighted by Crippen LogP contribution is 2.31. The minimum absolute atomic E-state index is 0.0253. The van der Waals surface area contributed by atoms with Crippen molar-refractivity contribution < 1.29 is 23.5 Å². The number of ether oxygens (including phenoxy) is 2. The first-order valence-electron chi connectivity index (χ1n) is 11.2. The Labute approximate surface area is 199 Å². The topological polar surface area (TPSA) is 84.3 Å². The molecule has 0 saturated heterocycles. The Bertz CT molecular complexity index is 1100. The summed E-state index contributed by atoms with van der Waals surface area (Å²) in [5.41, 5.74) is 1.52. The van der Waals surface area contributed by atoms with Gasteiger partial charge in [-0.2, -0.15) is 0 Å². The summed E-state index contributed by atoms with van der Waals surface area (Å²) in [6.45, 7) is 0.725. The highest BCUT2D eigenvalue weighted by atomic mass is 16.5. The summed E-state index contributed by atoms with van der Waals surface area (Å²) < 4.78 is 16.1. The molecule has 1 fully saturated rings. The van der Waals surface area contributed by atoms with Crippen molar-refractivity contribution in [3.05, 3.63) is 78.3 Å². The van der Waals surface area contributed by atoms with Gasteiger partial charge >= 0.3 is 6.03 Å². The van der Waals surface area contributed by atoms with Gasteiger partial charge in [-0.1, -0.05) is 30.3 Å². The van der Waals surface area contributed by atoms with E-state index in [9.17, 15) is 9.59 Å². The summed E-state index contributed by atoms with van der Waals surface area (Å²) in [6.07, 6.45) is 3.33. The predicted octanol–water partition coefficient (Wildman–Crippen LogP) is 4.52. The normalized spacial score (nSPS) is 12.6. The van der Waals surface area contributed by atoms with Crippen LogP contribution in [0.25, 0.3) is 0 Å². The van der Waals surface area contributed by atoms with Crippen LogP contribution in [0.2, 0.25) is 0 Å². The summed E-state index contributed by atoms with van der Waals surface area (Å²) in [6, 6.07) is 18.3. The fraction of sp³-hybridized carbons (Fsp3) is 0.308. The Balaban J connectivity index is 1.48. The first-order valence-corrected chi connectivity index (χ1v) is 11.2. The van der Waals surface area contributed by atoms with Crippen molar-refractivity contribution >= 4 is 17.6 Å². The van der Waals surface area contributed by atoms with Crippen LogP contribution in [0, 0.1) is 0 Å². The molecule has 0 unspecified atom stereocenters. The maximum Gasteiger partial charge on any atom is 0.322 e. The lowest BCUT2D eigenvalue weighted by Crippen LogP contribution is -2.45. The van der Waals surface area contributed by atoms with Crippen LogP contribution in [0.15, 0.2) is 71.3 Å². The van der Waals surface area contributed by atoms with Gasteiger partial charge in [0.25, 0.3) is 0 Å². The molecule has 1 aliphatic carbocycles. The molecule has 34 heavy (non-hydrogen) atoms. The van der Waals surface area contributed by atoms with Gasteiger partial charge in [0, 0.05) is 18.7 Å². The lowest BCUT2D eigenvalue weighted by Gasteiger charge is -2.28. The largest absolute Gasteiger partial charge is 0.497 e. The zero-order valence-corrected chi connectivity index (χ0v) is 19.4. The Morgan fingerprint density at radius 1 is 1.00 bits per heavy atom. The summed E-state index contributed by atoms with van der Waals surface area (Å²) in [5, 5.41) is 2.89. The van der Waals surface area contributed by atoms with Crippen molar-refractivity contribution in [1.29, 1.82) is 0 Å². The van der Waals surface area contributed by atoms with Crippen molar-refractivity contribution in [1.82, 2.24) is 9.80 Å². The van der Waals surface area contributed by atoms with Crippen LogP contribution in [-0.4, -0.2) is 48.5 Å². The zero-order valence-electron chi connectivity index (χ0n) is 19.4. The lowest BCUT2D eigenvalue weighted by atomic mass is 10.2. The molecule has 4 rings (SSSR count). The molecule has 1 N–H and O–H groups in total. The Morgan fingerprint density at radius 2 is 1.79 bits per heavy atom. The number of nitrogens with one attached hydrogen (secondary N) is 1. The number of methoxy groups -OCH3 is 2. The summed E-state index contributed by atoms with van der Waals surface area (Å²) >= 11 is 0. The maximum atomic E-state index is 13.4. The minimum atomic E-state index is -0.336. The molecule has 0 spiro atoms. The van der Waals surface area contributed by atoms with Crippen molar-refractivity contribution in [3.63, 3.8) is 0 Å². The third-order valence-electron chi connectivity index (χ3n) is 5.70. The standard InChI is InChI=1S/C26H29N3O5/c1-32-21-12-13-23(24(15-21)33-2)27-26(31)29(20-10-11-20)18-25(30)28(17-22-9-6-14-34-22)16-19-7-4-3-5-8-19/h3-9,12-15,20H,10-11,16-18H2,1-2H3,(H,27,31). The molecule has 0 atom stereocenters. The Hall–Kier alpha value is -3.94. The van der Waals surface area contributed by atoms with Crippen LogP contribution < -0.4 is 14.8 Å². The highest BCUT2D eigenvalue weighted by Gasteiger charge is 2.35. The van der Waals surface area contributed by atoms with Gasteiger partial charge in [-0.3, -0.25) is 4.79 Å². The molecule has 2 aromatic carbocycles. The van der Waals surface area contributed by atoms with Crippen molar-refractivity contribution in [2.45, 2.75) is 32.0 Å². The molecule has 1 heterocycles. The Morgan fingerprint density at radius 3 is 2.44 bits per heavy atom. The zero-order chi connectivity index (χ0) is 23.9. The number of amides is 3. The van der Waals surface area contributed by atoms with E-state index in [4.69, 9.17) is 13.9 Å². The van der Waals surface area contributed by atoms with Crippen LogP contribution in [0.5, 0.6) is 11.5 Å². The first-order chi connectivity index (χ1) is 16.6. The van der Waals surface area contributed by atoms with E-state index in [1.54, 1.807) is 47.4 Å². The summed E-state index contributed by atoms with van der Waals surface area (Å²) in [4.78, 5) is 29.9. The Kier molecular flexibility index (Phi) is 7.37. The van der Waals surface area contributed by atoms with Gasteiger partial charge in [0.1, 0.15) is 23.8 Å². The van der Waals surface area contributed by atoms with E-state index in [-0.39, 0.29) is 24.5 Å². The second kappa shape index (κ2) is 10.8. The molecule has 0 radical (unpaired) electrons. The van der Waals surface area contributed by atoms with Crippen LogP contribution in [0.1, 0.15) is 24.2 Å². The molecule has 8 nitrogen and oxygen atoms in total. The molecule has 1 aromatic heterocycles. The summed E-state index contributed by atoms with van der Waals surface area (Å²) in [7, 11) is 3.10. The van der Waals surface area contributed by atoms with Gasteiger partial charge in [0.05, 0.1) is 32.7 Å². The molecule has 0 aliphatic heterocycles. The number of hydrogen-bond acceptors (Lipinski definition) is 5. The molecule has 1 saturated carbocycles. The SMILES string of the molecule is COc1ccc(NC(=O)N(CC(=O)N(Cc2ccccc2)Cc2ccco2)C2CC2)c(OC)c1. The molecular weight excluding hydrogens is 434 g/mol. The van der Waals surface area contributed by atoms with Crippen LogP contribution in [0.4, 0.5) is 10.5 Å². The second-order valence-electron chi connectivity index (χ2n) is 8.17. The third kappa shape index (κ3) is 5.89. The fourth-order valence-corrected chi connectivity index (χ4v) is 3.71. The molecule has 3 aromatic rings. The monoisotopic (exact) mass is 463 g/mol. The van der Waals surface area contributed by atoms with Gasteiger partial charge in [-0.05, 0) is 42.7 Å². The number of nitrogens with zero attached hydrogens (tertiary/aromatic N) is 2. The predicted molar refractivity (Wildman–Crippen MR) is 128 cm³/mol. The first kappa shape index (κ1) is 23.2. The quantitative estimate of drug-likeness (QED) is 0.478. The van der Waals surface area contributed by atoms with Gasteiger partial charge in [-0.15, -0.1) is 0 Å². The van der Waals surface area contributed by atoms with Gasteiger partial charge in [0.15, 0.2) is 0 Å². The van der Waals surface area contributed by atoms with Crippen LogP contribution in [0.3, 0.4) is 0 Å². The van der Waals surface area contributed by atoms with Crippen molar-refractivity contribution in [3.8, 4) is 11.5 Å². The van der Waals surface area contributed by atoms with Crippen LogP contribution in [-0.2, 0) is 17.9 Å². The third-order valence-corrected chi connectivity index (χ3v) is 5.70. The van der Waals surface area contributed by atoms with Crippen LogP contribution >= 0.6 is 0 Å². The molecule has 1 aliphatic rings. The van der Waals surface area contributed by atoms with E-state index >= 15 is 0 Å². The average molecular weight is 464 g/mol. The van der Waals surface area contributed by atoms with E-state index < -0.39 is 0 Å². The number of benzene rings is 2. The lowest BCUT2D eigenvalue weighted by molar-refractivity contribution is -0.133. The van der Waals surface area contributed by atoms with Gasteiger partial charge < -0.3 is 29.0 Å². The molecule has 3 amide bonds. The van der Waals surface area contributed by atoms with E-state index in [1.165, 1.54) is 7.11 Å². The number of anilines is 1. The highest BCUT2D eigenvalue weighted by molar-refractivity contribution is 5.94. The second-order valence-corrected chi connectivity index (χ2v) is 8.17. The number of carbonyl (C=O) groups is 2. The summed E-state index contributed by atoms with van der Waals surface area (Å²) in [5.74, 6) is 1.65. The number of rotatable bonds is 10. The molecule has 0 bridgehead atoms.